The lowest BCUT2D eigenvalue weighted by atomic mass is 10.1. The Hall–Kier alpha value is -1.18. The summed E-state index contributed by atoms with van der Waals surface area (Å²) in [6, 6.07) is 3.39. The van der Waals surface area contributed by atoms with Crippen LogP contribution in [0.1, 0.15) is 20.8 Å². The topological polar surface area (TPSA) is 66.6 Å². The van der Waals surface area contributed by atoms with Crippen LogP contribution in [0.4, 0.5) is 10.1 Å². The number of rotatable bonds is 2. The van der Waals surface area contributed by atoms with E-state index in [1.807, 2.05) is 0 Å². The average Bonchev–Trinajstić information content (AvgIpc) is 2.37. The molecule has 1 saturated heterocycles. The summed E-state index contributed by atoms with van der Waals surface area (Å²) in [7, 11) is -3.66. The average molecular weight is 315 g/mol. The molecule has 2 rings (SSSR count). The molecule has 0 atom stereocenters. The predicted octanol–water partition coefficient (Wildman–Crippen LogP) is 1.51. The highest BCUT2D eigenvalue weighted by Crippen LogP contribution is 2.25. The van der Waals surface area contributed by atoms with Crippen molar-refractivity contribution in [3.05, 3.63) is 24.0 Å². The highest BCUT2D eigenvalue weighted by atomic mass is 32.2. The van der Waals surface area contributed by atoms with Gasteiger partial charge in [-0.2, -0.15) is 4.31 Å². The fourth-order valence-electron chi connectivity index (χ4n) is 2.49. The lowest BCUT2D eigenvalue weighted by molar-refractivity contribution is 0.0922. The first-order chi connectivity index (χ1) is 9.62. The molecule has 0 aromatic heterocycles. The number of nitrogens with two attached hydrogens (primary N) is 1. The molecule has 0 spiro atoms. The molecule has 0 bridgehead atoms. The van der Waals surface area contributed by atoms with E-state index in [9.17, 15) is 12.8 Å². The summed E-state index contributed by atoms with van der Waals surface area (Å²) in [6.45, 7) is 8.49. The van der Waals surface area contributed by atoms with Gasteiger partial charge in [0.1, 0.15) is 10.7 Å². The van der Waals surface area contributed by atoms with E-state index in [-0.39, 0.29) is 16.1 Å². The molecule has 0 unspecified atom stereocenters. The van der Waals surface area contributed by atoms with Crippen LogP contribution in [0.3, 0.4) is 0 Å². The Kier molecular flexibility index (Phi) is 4.28. The maximum absolute atomic E-state index is 13.1. The number of anilines is 1. The van der Waals surface area contributed by atoms with E-state index in [1.54, 1.807) is 0 Å². The minimum atomic E-state index is -3.66. The van der Waals surface area contributed by atoms with Crippen molar-refractivity contribution < 1.29 is 12.8 Å². The Bertz CT molecular complexity index is 618. The zero-order valence-corrected chi connectivity index (χ0v) is 13.5. The van der Waals surface area contributed by atoms with Crippen molar-refractivity contribution in [2.45, 2.75) is 31.2 Å². The second-order valence-electron chi connectivity index (χ2n) is 6.24. The SMILES string of the molecule is CC(C)(C)N1CCN(S(=O)(=O)c2ccc(F)cc2N)CC1. The first-order valence-electron chi connectivity index (χ1n) is 6.92. The fraction of sp³-hybridized carbons (Fsp3) is 0.571. The maximum Gasteiger partial charge on any atom is 0.245 e. The Labute approximate surface area is 125 Å². The zero-order chi connectivity index (χ0) is 15.8. The van der Waals surface area contributed by atoms with Crippen LogP contribution in [0.5, 0.6) is 0 Å². The summed E-state index contributed by atoms with van der Waals surface area (Å²) in [5.41, 5.74) is 5.63. The van der Waals surface area contributed by atoms with Crippen LogP contribution >= 0.6 is 0 Å². The molecule has 0 amide bonds. The number of hydrogen-bond donors (Lipinski definition) is 1. The van der Waals surface area contributed by atoms with Gasteiger partial charge in [0.2, 0.25) is 10.0 Å². The van der Waals surface area contributed by atoms with E-state index >= 15 is 0 Å². The molecule has 1 aromatic rings. The van der Waals surface area contributed by atoms with Gasteiger partial charge in [0.05, 0.1) is 5.69 Å². The van der Waals surface area contributed by atoms with Crippen LogP contribution < -0.4 is 5.73 Å². The third-order valence-electron chi connectivity index (χ3n) is 3.78. The molecule has 2 N–H and O–H groups in total. The van der Waals surface area contributed by atoms with Crippen LogP contribution in [0.2, 0.25) is 0 Å². The molecule has 1 aliphatic heterocycles. The standard InChI is InChI=1S/C14H22FN3O2S/c1-14(2,3)17-6-8-18(9-7-17)21(19,20)13-5-4-11(15)10-12(13)16/h4-5,10H,6-9,16H2,1-3H3. The van der Waals surface area contributed by atoms with Crippen molar-refractivity contribution in [3.63, 3.8) is 0 Å². The van der Waals surface area contributed by atoms with E-state index in [0.29, 0.717) is 26.2 Å². The third kappa shape index (κ3) is 3.36. The number of nitrogens with zero attached hydrogens (tertiary/aromatic N) is 2. The fourth-order valence-corrected chi connectivity index (χ4v) is 4.01. The molecule has 1 aromatic carbocycles. The summed E-state index contributed by atoms with van der Waals surface area (Å²) >= 11 is 0. The van der Waals surface area contributed by atoms with Gasteiger partial charge in [-0.3, -0.25) is 4.90 Å². The molecule has 0 radical (unpaired) electrons. The molecular formula is C14H22FN3O2S. The molecule has 1 fully saturated rings. The number of sulfonamides is 1. The van der Waals surface area contributed by atoms with Gasteiger partial charge >= 0.3 is 0 Å². The van der Waals surface area contributed by atoms with E-state index in [2.05, 4.69) is 25.7 Å². The van der Waals surface area contributed by atoms with Crippen molar-refractivity contribution in [1.82, 2.24) is 9.21 Å². The predicted molar refractivity (Wildman–Crippen MR) is 80.9 cm³/mol. The smallest absolute Gasteiger partial charge is 0.245 e. The number of benzene rings is 1. The van der Waals surface area contributed by atoms with Crippen molar-refractivity contribution >= 4 is 15.7 Å². The molecule has 1 aliphatic rings. The van der Waals surface area contributed by atoms with Gasteiger partial charge in [-0.05, 0) is 39.0 Å². The number of halogens is 1. The highest BCUT2D eigenvalue weighted by Gasteiger charge is 2.33. The Morgan fingerprint density at radius 3 is 2.19 bits per heavy atom. The van der Waals surface area contributed by atoms with Gasteiger partial charge < -0.3 is 5.73 Å². The minimum absolute atomic E-state index is 0.0186. The van der Waals surface area contributed by atoms with E-state index in [4.69, 9.17) is 5.73 Å². The first kappa shape index (κ1) is 16.2. The van der Waals surface area contributed by atoms with Gasteiger partial charge in [-0.25, -0.2) is 12.8 Å². The second-order valence-corrected chi connectivity index (χ2v) is 8.15. The van der Waals surface area contributed by atoms with E-state index < -0.39 is 15.8 Å². The van der Waals surface area contributed by atoms with Crippen molar-refractivity contribution in [1.29, 1.82) is 0 Å². The summed E-state index contributed by atoms with van der Waals surface area (Å²) in [5, 5.41) is 0. The maximum atomic E-state index is 13.1. The van der Waals surface area contributed by atoms with Gasteiger partial charge in [0, 0.05) is 31.7 Å². The number of piperazine rings is 1. The summed E-state index contributed by atoms with van der Waals surface area (Å²) in [6.07, 6.45) is 0. The minimum Gasteiger partial charge on any atom is -0.398 e. The largest absolute Gasteiger partial charge is 0.398 e. The van der Waals surface area contributed by atoms with Crippen LogP contribution in [-0.2, 0) is 10.0 Å². The summed E-state index contributed by atoms with van der Waals surface area (Å²) < 4.78 is 39.6. The van der Waals surface area contributed by atoms with Gasteiger partial charge in [0.15, 0.2) is 0 Å². The van der Waals surface area contributed by atoms with E-state index in [1.165, 1.54) is 10.4 Å². The Morgan fingerprint density at radius 2 is 1.71 bits per heavy atom. The Balaban J connectivity index is 2.19. The highest BCUT2D eigenvalue weighted by molar-refractivity contribution is 7.89. The van der Waals surface area contributed by atoms with Crippen LogP contribution in [-0.4, -0.2) is 49.3 Å². The molecule has 0 aliphatic carbocycles. The van der Waals surface area contributed by atoms with Crippen LogP contribution in [0, 0.1) is 5.82 Å². The molecule has 7 heteroatoms. The van der Waals surface area contributed by atoms with Crippen molar-refractivity contribution in [2.75, 3.05) is 31.9 Å². The monoisotopic (exact) mass is 315 g/mol. The zero-order valence-electron chi connectivity index (χ0n) is 12.6. The second kappa shape index (κ2) is 5.55. The molecule has 1 heterocycles. The lowest BCUT2D eigenvalue weighted by Crippen LogP contribution is -2.54. The van der Waals surface area contributed by atoms with Crippen molar-refractivity contribution in [3.8, 4) is 0 Å². The summed E-state index contributed by atoms with van der Waals surface area (Å²) in [4.78, 5) is 2.22. The lowest BCUT2D eigenvalue weighted by Gasteiger charge is -2.41. The van der Waals surface area contributed by atoms with Gasteiger partial charge in [0.25, 0.3) is 0 Å². The van der Waals surface area contributed by atoms with Gasteiger partial charge in [-0.1, -0.05) is 0 Å². The molecule has 21 heavy (non-hydrogen) atoms. The van der Waals surface area contributed by atoms with Crippen LogP contribution in [0.25, 0.3) is 0 Å². The molecule has 5 nitrogen and oxygen atoms in total. The molecular weight excluding hydrogens is 293 g/mol. The normalized spacial score (nSPS) is 18.9. The quantitative estimate of drug-likeness (QED) is 0.840. The molecule has 118 valence electrons. The summed E-state index contributed by atoms with van der Waals surface area (Å²) in [5.74, 6) is -0.538. The first-order valence-corrected chi connectivity index (χ1v) is 8.36. The number of nitrogen functional groups attached to an aromatic ring is 1. The third-order valence-corrected chi connectivity index (χ3v) is 5.75. The van der Waals surface area contributed by atoms with Crippen LogP contribution in [0.15, 0.2) is 23.1 Å². The van der Waals surface area contributed by atoms with Crippen molar-refractivity contribution in [2.24, 2.45) is 0 Å². The molecule has 0 saturated carbocycles. The van der Waals surface area contributed by atoms with E-state index in [0.717, 1.165) is 12.1 Å². The number of hydrogen-bond acceptors (Lipinski definition) is 4. The van der Waals surface area contributed by atoms with Gasteiger partial charge in [-0.15, -0.1) is 0 Å². The Morgan fingerprint density at radius 1 is 1.14 bits per heavy atom.